The van der Waals surface area contributed by atoms with Gasteiger partial charge in [-0.3, -0.25) is 14.2 Å². The van der Waals surface area contributed by atoms with Gasteiger partial charge in [-0.1, -0.05) is 93.3 Å². The number of aryl methyl sites for hydroxylation is 1. The van der Waals surface area contributed by atoms with Crippen LogP contribution in [0.5, 0.6) is 0 Å². The van der Waals surface area contributed by atoms with E-state index in [1.807, 2.05) is 12.1 Å². The second kappa shape index (κ2) is 16.3. The Balaban J connectivity index is 1.14. The fourth-order valence-corrected chi connectivity index (χ4v) is 12.4. The summed E-state index contributed by atoms with van der Waals surface area (Å²) < 4.78 is 37.7. The van der Waals surface area contributed by atoms with Crippen molar-refractivity contribution in [3.63, 3.8) is 0 Å². The summed E-state index contributed by atoms with van der Waals surface area (Å²) in [7, 11) is -6.59. The minimum Gasteiger partial charge on any atom is -0.406 e. The molecule has 12 heteroatoms. The zero-order chi connectivity index (χ0) is 39.3. The van der Waals surface area contributed by atoms with Crippen molar-refractivity contribution >= 4 is 45.3 Å². The van der Waals surface area contributed by atoms with Gasteiger partial charge < -0.3 is 9.16 Å². The Hall–Kier alpha value is -4.56. The molecule has 2 aliphatic rings. The van der Waals surface area contributed by atoms with Crippen LogP contribution in [0.3, 0.4) is 0 Å². The standard InChI is InChI=1S/C43H49N3O7SSi/c1-41(2,3)55(34-17-8-6-9-18-34,35-19-10-7-11-20-35)52-31-43(25-26-43)24-14-12-16-33-22-23-36-37(30-33)44-32-46(39(36)47)28-27-42(4,54(5,49)50)40(48)45-53-38-21-13-15-29-51-38/h6-11,17-20,22-23,30,32,38H,13,15,21,25-29,31H2,1-5H3,(H,45,48)/t38?,42-/m1/s1. The highest BCUT2D eigenvalue weighted by Crippen LogP contribution is 2.47. The molecular weight excluding hydrogens is 731 g/mol. The molecular formula is C43H49N3O7SSi. The van der Waals surface area contributed by atoms with Crippen LogP contribution in [-0.4, -0.2) is 62.7 Å². The number of ether oxygens (including phenoxy) is 1. The molecule has 0 bridgehead atoms. The van der Waals surface area contributed by atoms with Gasteiger partial charge in [-0.15, -0.1) is 0 Å². The highest BCUT2D eigenvalue weighted by Gasteiger charge is 2.53. The number of nitrogens with zero attached hydrogens (tertiary/aromatic N) is 2. The molecule has 0 radical (unpaired) electrons. The summed E-state index contributed by atoms with van der Waals surface area (Å²) in [4.78, 5) is 36.3. The number of hydrogen-bond acceptors (Lipinski definition) is 8. The van der Waals surface area contributed by atoms with Crippen LogP contribution < -0.4 is 21.4 Å². The molecule has 10 nitrogen and oxygen atoms in total. The molecule has 1 aliphatic heterocycles. The van der Waals surface area contributed by atoms with E-state index in [-0.39, 0.29) is 29.0 Å². The molecule has 3 aromatic carbocycles. The Morgan fingerprint density at radius 3 is 2.25 bits per heavy atom. The second-order valence-electron chi connectivity index (χ2n) is 15.8. The molecule has 2 atom stereocenters. The first-order chi connectivity index (χ1) is 26.2. The van der Waals surface area contributed by atoms with Gasteiger partial charge in [-0.05, 0) is 84.5 Å². The van der Waals surface area contributed by atoms with E-state index in [2.05, 4.69) is 103 Å². The van der Waals surface area contributed by atoms with Gasteiger partial charge in [0.25, 0.3) is 19.8 Å². The summed E-state index contributed by atoms with van der Waals surface area (Å²) in [5.41, 5.74) is 2.77. The van der Waals surface area contributed by atoms with Gasteiger partial charge in [0.05, 0.1) is 29.3 Å². The predicted molar refractivity (Wildman–Crippen MR) is 217 cm³/mol. The Bertz CT molecular complexity index is 2270. The number of aromatic nitrogens is 2. The monoisotopic (exact) mass is 779 g/mol. The Morgan fingerprint density at radius 2 is 1.67 bits per heavy atom. The van der Waals surface area contributed by atoms with Crippen LogP contribution in [-0.2, 0) is 35.2 Å². The molecule has 55 heavy (non-hydrogen) atoms. The highest BCUT2D eigenvalue weighted by atomic mass is 32.2. The number of fused-ring (bicyclic) bond motifs is 1. The van der Waals surface area contributed by atoms with E-state index in [1.165, 1.54) is 28.2 Å². The van der Waals surface area contributed by atoms with Crippen molar-refractivity contribution in [1.29, 1.82) is 0 Å². The number of sulfone groups is 1. The number of hydrogen-bond donors (Lipinski definition) is 1. The smallest absolute Gasteiger partial charge is 0.264 e. The van der Waals surface area contributed by atoms with Gasteiger partial charge in [-0.2, -0.15) is 0 Å². The van der Waals surface area contributed by atoms with E-state index < -0.39 is 35.1 Å². The summed E-state index contributed by atoms with van der Waals surface area (Å²) in [6, 6.07) is 26.3. The van der Waals surface area contributed by atoms with Crippen molar-refractivity contribution in [2.24, 2.45) is 5.41 Å². The third-order valence-corrected chi connectivity index (χ3v) is 17.8. The summed E-state index contributed by atoms with van der Waals surface area (Å²) in [5, 5.41) is 2.69. The van der Waals surface area contributed by atoms with Crippen molar-refractivity contribution < 1.29 is 27.2 Å². The molecule has 1 saturated heterocycles. The van der Waals surface area contributed by atoms with Crippen LogP contribution in [0.2, 0.25) is 5.04 Å². The number of benzene rings is 3. The molecule has 1 unspecified atom stereocenters. The fourth-order valence-electron chi connectivity index (χ4n) is 6.96. The number of hydroxylamine groups is 1. The molecule has 288 valence electrons. The van der Waals surface area contributed by atoms with Gasteiger partial charge in [0.15, 0.2) is 20.9 Å². The minimum absolute atomic E-state index is 0.0582. The lowest BCUT2D eigenvalue weighted by atomic mass is 10.1. The van der Waals surface area contributed by atoms with E-state index >= 15 is 0 Å². The van der Waals surface area contributed by atoms with Crippen LogP contribution >= 0.6 is 0 Å². The Kier molecular flexibility index (Phi) is 11.9. The number of carbonyl (C=O) groups is 1. The zero-order valence-electron chi connectivity index (χ0n) is 32.2. The van der Waals surface area contributed by atoms with Crippen LogP contribution in [0.15, 0.2) is 90.0 Å². The molecule has 1 aromatic heterocycles. The lowest BCUT2D eigenvalue weighted by Crippen LogP contribution is -2.67. The molecule has 2 heterocycles. The third-order valence-electron chi connectivity index (χ3n) is 10.8. The lowest BCUT2D eigenvalue weighted by molar-refractivity contribution is -0.201. The van der Waals surface area contributed by atoms with Crippen LogP contribution in [0.1, 0.15) is 71.8 Å². The molecule has 1 saturated carbocycles. The van der Waals surface area contributed by atoms with Crippen LogP contribution in [0, 0.1) is 29.1 Å². The lowest BCUT2D eigenvalue weighted by Gasteiger charge is -2.43. The van der Waals surface area contributed by atoms with E-state index in [1.54, 1.807) is 18.2 Å². The van der Waals surface area contributed by atoms with E-state index in [0.29, 0.717) is 36.1 Å². The average Bonchev–Trinajstić information content (AvgIpc) is 3.95. The highest BCUT2D eigenvalue weighted by molar-refractivity contribution is 7.92. The van der Waals surface area contributed by atoms with Gasteiger partial charge in [0.1, 0.15) is 0 Å². The quantitative estimate of drug-likeness (QED) is 0.123. The SMILES string of the molecule is CC(C)(C)[Si](OCC1(C#CC#Cc2ccc3c(=O)n(CC[C@](C)(C(=O)NOC4CCCCO4)S(C)(=O)=O)cnc3c2)CC1)(c1ccccc1)c1ccccc1. The van der Waals surface area contributed by atoms with Crippen LogP contribution in [0.25, 0.3) is 10.9 Å². The van der Waals surface area contributed by atoms with Crippen molar-refractivity contribution in [3.8, 4) is 23.7 Å². The normalized spacial score (nSPS) is 17.9. The van der Waals surface area contributed by atoms with E-state index in [0.717, 1.165) is 31.9 Å². The summed E-state index contributed by atoms with van der Waals surface area (Å²) in [5.74, 6) is 11.8. The van der Waals surface area contributed by atoms with Gasteiger partial charge >= 0.3 is 0 Å². The zero-order valence-corrected chi connectivity index (χ0v) is 34.0. The number of carbonyl (C=O) groups excluding carboxylic acids is 1. The Morgan fingerprint density at radius 1 is 1.00 bits per heavy atom. The maximum Gasteiger partial charge on any atom is 0.264 e. The first-order valence-corrected chi connectivity index (χ1v) is 22.5. The molecule has 1 N–H and O–H groups in total. The average molecular weight is 780 g/mol. The van der Waals surface area contributed by atoms with Gasteiger partial charge in [-0.25, -0.2) is 23.7 Å². The summed E-state index contributed by atoms with van der Waals surface area (Å²) >= 11 is 0. The van der Waals surface area contributed by atoms with Crippen molar-refractivity contribution in [1.82, 2.24) is 15.0 Å². The van der Waals surface area contributed by atoms with E-state index in [4.69, 9.17) is 14.0 Å². The third kappa shape index (κ3) is 8.80. The van der Waals surface area contributed by atoms with Crippen molar-refractivity contribution in [2.45, 2.75) is 88.8 Å². The van der Waals surface area contributed by atoms with Gasteiger partial charge in [0, 0.05) is 31.4 Å². The molecule has 1 aliphatic carbocycles. The molecule has 0 spiro atoms. The maximum atomic E-state index is 13.4. The molecule has 2 fully saturated rings. The molecule has 4 aromatic rings. The summed E-state index contributed by atoms with van der Waals surface area (Å²) in [6.45, 7) is 9.10. The number of amides is 1. The minimum atomic E-state index is -3.90. The fraction of sp³-hybridized carbons (Fsp3) is 0.419. The van der Waals surface area contributed by atoms with Crippen molar-refractivity contribution in [2.75, 3.05) is 19.5 Å². The predicted octanol–water partition coefficient (Wildman–Crippen LogP) is 4.88. The first kappa shape index (κ1) is 40.1. The van der Waals surface area contributed by atoms with Crippen molar-refractivity contribution in [3.05, 3.63) is 101 Å². The van der Waals surface area contributed by atoms with E-state index in [9.17, 15) is 18.0 Å². The summed E-state index contributed by atoms with van der Waals surface area (Å²) in [6.07, 6.45) is 5.81. The number of nitrogens with one attached hydrogen (secondary N) is 1. The van der Waals surface area contributed by atoms with Crippen LogP contribution in [0.4, 0.5) is 0 Å². The topological polar surface area (TPSA) is 126 Å². The number of rotatable bonds is 12. The largest absolute Gasteiger partial charge is 0.406 e. The van der Waals surface area contributed by atoms with Gasteiger partial charge in [0.2, 0.25) is 0 Å². The first-order valence-electron chi connectivity index (χ1n) is 18.7. The molecule has 6 rings (SSSR count). The maximum absolute atomic E-state index is 13.4. The Labute approximate surface area is 325 Å². The second-order valence-corrected chi connectivity index (χ2v) is 22.6. The molecule has 1 amide bonds.